The van der Waals surface area contributed by atoms with Crippen molar-refractivity contribution in [1.29, 1.82) is 0 Å². The molecule has 0 unspecified atom stereocenters. The third-order valence-electron chi connectivity index (χ3n) is 1.22. The number of carboxylic acids is 2. The average molecular weight is 161 g/mol. The molecule has 0 aromatic heterocycles. The predicted molar refractivity (Wildman–Crippen MR) is 37.1 cm³/mol. The molecule has 0 aliphatic heterocycles. The molecule has 1 rings (SSSR count). The van der Waals surface area contributed by atoms with Gasteiger partial charge in [0, 0.05) is 5.54 Å². The second-order valence-corrected chi connectivity index (χ2v) is 2.76. The number of carbonyl (C=O) groups is 2. The Morgan fingerprint density at radius 2 is 1.45 bits per heavy atom. The zero-order valence-corrected chi connectivity index (χ0v) is 6.20. The summed E-state index contributed by atoms with van der Waals surface area (Å²) < 4.78 is 0. The lowest BCUT2D eigenvalue weighted by molar-refractivity contribution is -0.159. The Hall–Kier alpha value is -1.10. The van der Waals surface area contributed by atoms with Crippen LogP contribution in [0.4, 0.5) is 0 Å². The molecule has 0 aromatic rings. The highest BCUT2D eigenvalue weighted by molar-refractivity contribution is 6.27. The van der Waals surface area contributed by atoms with Crippen molar-refractivity contribution in [3.05, 3.63) is 0 Å². The number of rotatable bonds is 0. The summed E-state index contributed by atoms with van der Waals surface area (Å²) in [5.41, 5.74) is 5.72. The van der Waals surface area contributed by atoms with Crippen molar-refractivity contribution in [1.82, 2.24) is 0 Å². The first-order valence-corrected chi connectivity index (χ1v) is 3.10. The van der Waals surface area contributed by atoms with Gasteiger partial charge in [-0.05, 0) is 19.8 Å². The summed E-state index contributed by atoms with van der Waals surface area (Å²) >= 11 is 0. The van der Waals surface area contributed by atoms with Crippen LogP contribution in [-0.4, -0.2) is 27.7 Å². The van der Waals surface area contributed by atoms with Crippen LogP contribution in [0.1, 0.15) is 19.8 Å². The number of carboxylic acid groups (broad SMARTS) is 2. The van der Waals surface area contributed by atoms with Crippen molar-refractivity contribution in [2.75, 3.05) is 0 Å². The Kier molecular flexibility index (Phi) is 3.00. The fourth-order valence-electron chi connectivity index (χ4n) is 0.197. The van der Waals surface area contributed by atoms with Crippen molar-refractivity contribution < 1.29 is 19.8 Å². The highest BCUT2D eigenvalue weighted by atomic mass is 16.4. The van der Waals surface area contributed by atoms with Crippen LogP contribution in [0.2, 0.25) is 0 Å². The zero-order valence-electron chi connectivity index (χ0n) is 6.20. The van der Waals surface area contributed by atoms with E-state index in [-0.39, 0.29) is 5.54 Å². The molecule has 0 heterocycles. The van der Waals surface area contributed by atoms with Crippen LogP contribution < -0.4 is 5.73 Å². The highest BCUT2D eigenvalue weighted by Gasteiger charge is 2.31. The van der Waals surface area contributed by atoms with Crippen LogP contribution in [-0.2, 0) is 9.59 Å². The van der Waals surface area contributed by atoms with Crippen molar-refractivity contribution >= 4 is 11.9 Å². The van der Waals surface area contributed by atoms with Gasteiger partial charge in [0.15, 0.2) is 0 Å². The molecule has 0 saturated heterocycles. The normalized spacial score (nSPS) is 17.6. The van der Waals surface area contributed by atoms with Crippen LogP contribution in [0.25, 0.3) is 0 Å². The minimum absolute atomic E-state index is 0.250. The second kappa shape index (κ2) is 3.34. The largest absolute Gasteiger partial charge is 0.473 e. The summed E-state index contributed by atoms with van der Waals surface area (Å²) in [6.07, 6.45) is 2.46. The van der Waals surface area contributed by atoms with Gasteiger partial charge in [0.2, 0.25) is 0 Å². The minimum atomic E-state index is -1.82. The molecule has 0 atom stereocenters. The molecule has 11 heavy (non-hydrogen) atoms. The van der Waals surface area contributed by atoms with Gasteiger partial charge < -0.3 is 15.9 Å². The van der Waals surface area contributed by atoms with E-state index < -0.39 is 11.9 Å². The van der Waals surface area contributed by atoms with Gasteiger partial charge in [-0.25, -0.2) is 9.59 Å². The maximum atomic E-state index is 9.10. The maximum absolute atomic E-state index is 9.10. The lowest BCUT2D eigenvalue weighted by Gasteiger charge is -1.88. The third-order valence-corrected chi connectivity index (χ3v) is 1.22. The Balaban J connectivity index is 0.000000183. The molecule has 5 heteroatoms. The molecular formula is C6H11NO4. The molecule has 5 nitrogen and oxygen atoms in total. The number of aliphatic carboxylic acids is 2. The molecule has 0 spiro atoms. The second-order valence-electron chi connectivity index (χ2n) is 2.76. The van der Waals surface area contributed by atoms with Gasteiger partial charge in [0.1, 0.15) is 0 Å². The van der Waals surface area contributed by atoms with Gasteiger partial charge in [-0.2, -0.15) is 0 Å². The Morgan fingerprint density at radius 1 is 1.27 bits per heavy atom. The van der Waals surface area contributed by atoms with Gasteiger partial charge in [-0.1, -0.05) is 0 Å². The minimum Gasteiger partial charge on any atom is -0.473 e. The fourth-order valence-corrected chi connectivity index (χ4v) is 0.197. The quantitative estimate of drug-likeness (QED) is 0.422. The van der Waals surface area contributed by atoms with Gasteiger partial charge in [0.25, 0.3) is 0 Å². The van der Waals surface area contributed by atoms with Crippen molar-refractivity contribution in [2.24, 2.45) is 5.73 Å². The first-order valence-electron chi connectivity index (χ1n) is 3.10. The van der Waals surface area contributed by atoms with Crippen LogP contribution >= 0.6 is 0 Å². The predicted octanol–water partition coefficient (Wildman–Crippen LogP) is -0.347. The van der Waals surface area contributed by atoms with E-state index in [4.69, 9.17) is 25.5 Å². The van der Waals surface area contributed by atoms with Gasteiger partial charge in [-0.15, -0.1) is 0 Å². The first kappa shape index (κ1) is 9.90. The summed E-state index contributed by atoms with van der Waals surface area (Å²) in [7, 11) is 0. The van der Waals surface area contributed by atoms with Gasteiger partial charge in [-0.3, -0.25) is 0 Å². The molecular weight excluding hydrogens is 150 g/mol. The summed E-state index contributed by atoms with van der Waals surface area (Å²) in [6.45, 7) is 2.08. The van der Waals surface area contributed by atoms with Crippen LogP contribution in [0, 0.1) is 0 Å². The van der Waals surface area contributed by atoms with E-state index in [9.17, 15) is 0 Å². The lowest BCUT2D eigenvalue weighted by atomic mass is 10.4. The topological polar surface area (TPSA) is 101 Å². The van der Waals surface area contributed by atoms with E-state index in [1.54, 1.807) is 0 Å². The molecule has 0 bridgehead atoms. The Labute approximate surface area is 63.8 Å². The Bertz CT molecular complexity index is 157. The molecule has 0 aromatic carbocycles. The van der Waals surface area contributed by atoms with E-state index in [0.717, 1.165) is 0 Å². The molecule has 1 saturated carbocycles. The van der Waals surface area contributed by atoms with Crippen LogP contribution in [0.3, 0.4) is 0 Å². The zero-order chi connectivity index (χ0) is 9.07. The first-order chi connectivity index (χ1) is 4.85. The van der Waals surface area contributed by atoms with Gasteiger partial charge in [0.05, 0.1) is 0 Å². The molecule has 1 fully saturated rings. The summed E-state index contributed by atoms with van der Waals surface area (Å²) in [5, 5.41) is 14.8. The summed E-state index contributed by atoms with van der Waals surface area (Å²) in [5.74, 6) is -3.65. The van der Waals surface area contributed by atoms with E-state index in [0.29, 0.717) is 0 Å². The monoisotopic (exact) mass is 161 g/mol. The van der Waals surface area contributed by atoms with E-state index in [1.165, 1.54) is 12.8 Å². The summed E-state index contributed by atoms with van der Waals surface area (Å²) in [6, 6.07) is 0. The molecule has 0 radical (unpaired) electrons. The average Bonchev–Trinajstić information content (AvgIpc) is 2.47. The Morgan fingerprint density at radius 3 is 1.45 bits per heavy atom. The van der Waals surface area contributed by atoms with Crippen molar-refractivity contribution in [3.8, 4) is 0 Å². The lowest BCUT2D eigenvalue weighted by Crippen LogP contribution is -2.14. The molecule has 1 aliphatic carbocycles. The van der Waals surface area contributed by atoms with E-state index >= 15 is 0 Å². The van der Waals surface area contributed by atoms with Crippen molar-refractivity contribution in [2.45, 2.75) is 25.3 Å². The van der Waals surface area contributed by atoms with E-state index in [2.05, 4.69) is 6.92 Å². The smallest absolute Gasteiger partial charge is 0.414 e. The SMILES string of the molecule is CC1(N)CC1.O=C(O)C(=O)O. The standard InChI is InChI=1S/C4H9N.C2H2O4/c1-4(5)2-3-4;3-1(4)2(5)6/h2-3,5H2,1H3;(H,3,4)(H,5,6). The highest BCUT2D eigenvalue weighted by Crippen LogP contribution is 2.30. The van der Waals surface area contributed by atoms with Crippen LogP contribution in [0.5, 0.6) is 0 Å². The molecule has 0 amide bonds. The maximum Gasteiger partial charge on any atom is 0.414 e. The van der Waals surface area contributed by atoms with E-state index in [1.807, 2.05) is 0 Å². The number of nitrogens with two attached hydrogens (primary N) is 1. The molecule has 64 valence electrons. The molecule has 4 N–H and O–H groups in total. The van der Waals surface area contributed by atoms with Gasteiger partial charge >= 0.3 is 11.9 Å². The third kappa shape index (κ3) is 6.79. The van der Waals surface area contributed by atoms with Crippen LogP contribution in [0.15, 0.2) is 0 Å². The number of hydrogen-bond donors (Lipinski definition) is 3. The summed E-state index contributed by atoms with van der Waals surface area (Å²) in [4.78, 5) is 18.2. The molecule has 1 aliphatic rings. The number of hydrogen-bond acceptors (Lipinski definition) is 3. The fraction of sp³-hybridized carbons (Fsp3) is 0.667. The van der Waals surface area contributed by atoms with Crippen molar-refractivity contribution in [3.63, 3.8) is 0 Å².